The largest absolute Gasteiger partial charge is 0.469 e. The lowest BCUT2D eigenvalue weighted by atomic mass is 9.88. The molecule has 1 fully saturated rings. The summed E-state index contributed by atoms with van der Waals surface area (Å²) in [6.07, 6.45) is 2.68. The molecule has 24 heavy (non-hydrogen) atoms. The second-order valence-electron chi connectivity index (χ2n) is 6.36. The first kappa shape index (κ1) is 16.3. The fraction of sp³-hybridized carbons (Fsp3) is 0.368. The van der Waals surface area contributed by atoms with Crippen LogP contribution in [0.1, 0.15) is 34.5 Å². The molecule has 0 bridgehead atoms. The van der Waals surface area contributed by atoms with Gasteiger partial charge in [0.15, 0.2) is 0 Å². The Bertz CT molecular complexity index is 737. The quantitative estimate of drug-likeness (QED) is 0.939. The van der Waals surface area contributed by atoms with Gasteiger partial charge >= 0.3 is 0 Å². The third kappa shape index (κ3) is 3.66. The number of furan rings is 1. The Morgan fingerprint density at radius 3 is 2.62 bits per heavy atom. The van der Waals surface area contributed by atoms with E-state index in [0.29, 0.717) is 24.2 Å². The van der Waals surface area contributed by atoms with Crippen LogP contribution in [0.3, 0.4) is 0 Å². The summed E-state index contributed by atoms with van der Waals surface area (Å²) in [6.45, 7) is 4.23. The summed E-state index contributed by atoms with van der Waals surface area (Å²) in [5.74, 6) is 0.439. The Labute approximate surface area is 141 Å². The maximum absolute atomic E-state index is 12.3. The topological polar surface area (TPSA) is 69.3 Å². The smallest absolute Gasteiger partial charge is 0.255 e. The SMILES string of the molecule is Cc1cc(C(=O)NC2(C#N)CCN(Cc3ccccc3)CC2)co1. The molecule has 1 N–H and O–H groups in total. The molecule has 1 aliphatic heterocycles. The van der Waals surface area contributed by atoms with Crippen LogP contribution in [-0.4, -0.2) is 29.4 Å². The van der Waals surface area contributed by atoms with Crippen LogP contribution in [-0.2, 0) is 6.54 Å². The second-order valence-corrected chi connectivity index (χ2v) is 6.36. The van der Waals surface area contributed by atoms with Gasteiger partial charge in [0.1, 0.15) is 17.6 Å². The molecule has 5 nitrogen and oxygen atoms in total. The van der Waals surface area contributed by atoms with Gasteiger partial charge in [-0.05, 0) is 31.4 Å². The van der Waals surface area contributed by atoms with Crippen molar-refractivity contribution >= 4 is 5.91 Å². The van der Waals surface area contributed by atoms with Gasteiger partial charge < -0.3 is 9.73 Å². The highest BCUT2D eigenvalue weighted by atomic mass is 16.3. The average Bonchev–Trinajstić information content (AvgIpc) is 3.04. The summed E-state index contributed by atoms with van der Waals surface area (Å²) in [5, 5.41) is 12.5. The van der Waals surface area contributed by atoms with Gasteiger partial charge in [0, 0.05) is 19.6 Å². The molecule has 1 aromatic heterocycles. The molecule has 0 saturated carbocycles. The number of nitrogens with one attached hydrogen (secondary N) is 1. The van der Waals surface area contributed by atoms with Crippen LogP contribution >= 0.6 is 0 Å². The van der Waals surface area contributed by atoms with E-state index >= 15 is 0 Å². The van der Waals surface area contributed by atoms with Crippen molar-refractivity contribution in [2.45, 2.75) is 31.8 Å². The normalized spacial score (nSPS) is 17.2. The van der Waals surface area contributed by atoms with Gasteiger partial charge in [0.25, 0.3) is 5.91 Å². The zero-order valence-electron chi connectivity index (χ0n) is 13.8. The van der Waals surface area contributed by atoms with Gasteiger partial charge in [0.2, 0.25) is 0 Å². The Morgan fingerprint density at radius 2 is 2.04 bits per heavy atom. The van der Waals surface area contributed by atoms with Crippen molar-refractivity contribution in [2.24, 2.45) is 0 Å². The van der Waals surface area contributed by atoms with Crippen molar-refractivity contribution in [3.05, 3.63) is 59.5 Å². The third-order valence-corrected chi connectivity index (χ3v) is 4.52. The highest BCUT2D eigenvalue weighted by Crippen LogP contribution is 2.24. The first-order chi connectivity index (χ1) is 11.6. The number of carbonyl (C=O) groups excluding carboxylic acids is 1. The fourth-order valence-corrected chi connectivity index (χ4v) is 3.05. The van der Waals surface area contributed by atoms with Crippen LogP contribution in [0.5, 0.6) is 0 Å². The van der Waals surface area contributed by atoms with E-state index in [1.807, 2.05) is 18.2 Å². The predicted octanol–water partition coefficient (Wildman–Crippen LogP) is 2.88. The lowest BCUT2D eigenvalue weighted by Gasteiger charge is -2.37. The van der Waals surface area contributed by atoms with Gasteiger partial charge in [-0.15, -0.1) is 0 Å². The summed E-state index contributed by atoms with van der Waals surface area (Å²) in [4.78, 5) is 14.6. The molecule has 0 radical (unpaired) electrons. The van der Waals surface area contributed by atoms with E-state index in [9.17, 15) is 10.1 Å². The number of nitrogens with zero attached hydrogens (tertiary/aromatic N) is 2. The lowest BCUT2D eigenvalue weighted by molar-refractivity contribution is 0.0865. The van der Waals surface area contributed by atoms with Crippen LogP contribution in [0.2, 0.25) is 0 Å². The number of nitriles is 1. The van der Waals surface area contributed by atoms with E-state index in [4.69, 9.17) is 4.42 Å². The molecule has 3 rings (SSSR count). The molecule has 1 aliphatic rings. The molecule has 2 heterocycles. The van der Waals surface area contributed by atoms with Crippen molar-refractivity contribution in [1.82, 2.24) is 10.2 Å². The van der Waals surface area contributed by atoms with Gasteiger partial charge in [-0.1, -0.05) is 30.3 Å². The highest BCUT2D eigenvalue weighted by Gasteiger charge is 2.36. The number of hydrogen-bond acceptors (Lipinski definition) is 4. The first-order valence-electron chi connectivity index (χ1n) is 8.15. The summed E-state index contributed by atoms with van der Waals surface area (Å²) in [5.41, 5.74) is 0.934. The standard InChI is InChI=1S/C19H21N3O2/c1-15-11-17(13-24-15)18(23)21-19(14-20)7-9-22(10-8-19)12-16-5-3-2-4-6-16/h2-6,11,13H,7-10,12H2,1H3,(H,21,23). The molecule has 0 aliphatic carbocycles. The minimum absolute atomic E-state index is 0.245. The van der Waals surface area contributed by atoms with Gasteiger partial charge in [0.05, 0.1) is 11.6 Å². The number of piperidine rings is 1. The molecule has 0 atom stereocenters. The molecule has 1 saturated heterocycles. The van der Waals surface area contributed by atoms with Crippen molar-refractivity contribution in [3.8, 4) is 6.07 Å². The molecular weight excluding hydrogens is 302 g/mol. The fourth-order valence-electron chi connectivity index (χ4n) is 3.05. The number of aryl methyl sites for hydroxylation is 1. The Morgan fingerprint density at radius 1 is 1.33 bits per heavy atom. The second kappa shape index (κ2) is 6.90. The molecule has 124 valence electrons. The summed E-state index contributed by atoms with van der Waals surface area (Å²) >= 11 is 0. The number of likely N-dealkylation sites (tertiary alicyclic amines) is 1. The lowest BCUT2D eigenvalue weighted by Crippen LogP contribution is -2.54. The van der Waals surface area contributed by atoms with Crippen molar-refractivity contribution in [2.75, 3.05) is 13.1 Å². The van der Waals surface area contributed by atoms with Crippen LogP contribution in [0, 0.1) is 18.3 Å². The maximum Gasteiger partial charge on any atom is 0.255 e. The van der Waals surface area contributed by atoms with Crippen molar-refractivity contribution < 1.29 is 9.21 Å². The van der Waals surface area contributed by atoms with E-state index in [-0.39, 0.29) is 5.91 Å². The van der Waals surface area contributed by atoms with Crippen LogP contribution in [0.4, 0.5) is 0 Å². The summed E-state index contributed by atoms with van der Waals surface area (Å²) in [6, 6.07) is 14.3. The average molecular weight is 323 g/mol. The van der Waals surface area contributed by atoms with Crippen LogP contribution in [0.25, 0.3) is 0 Å². The minimum atomic E-state index is -0.796. The maximum atomic E-state index is 12.3. The van der Waals surface area contributed by atoms with Crippen LogP contribution < -0.4 is 5.32 Å². The molecule has 2 aromatic rings. The van der Waals surface area contributed by atoms with Crippen molar-refractivity contribution in [3.63, 3.8) is 0 Å². The molecule has 1 amide bonds. The monoisotopic (exact) mass is 323 g/mol. The number of rotatable bonds is 4. The zero-order valence-corrected chi connectivity index (χ0v) is 13.8. The van der Waals surface area contributed by atoms with E-state index in [1.165, 1.54) is 11.8 Å². The third-order valence-electron chi connectivity index (χ3n) is 4.52. The predicted molar refractivity (Wildman–Crippen MR) is 90.2 cm³/mol. The Hall–Kier alpha value is -2.58. The van der Waals surface area contributed by atoms with Crippen molar-refractivity contribution in [1.29, 1.82) is 5.26 Å². The van der Waals surface area contributed by atoms with Gasteiger partial charge in [-0.2, -0.15) is 5.26 Å². The Kier molecular flexibility index (Phi) is 4.68. The minimum Gasteiger partial charge on any atom is -0.469 e. The molecule has 0 unspecified atom stereocenters. The number of benzene rings is 1. The summed E-state index contributed by atoms with van der Waals surface area (Å²) < 4.78 is 5.17. The highest BCUT2D eigenvalue weighted by molar-refractivity contribution is 5.94. The zero-order chi connectivity index (χ0) is 17.0. The molecule has 1 aromatic carbocycles. The Balaban J connectivity index is 1.60. The van der Waals surface area contributed by atoms with Gasteiger partial charge in [-0.25, -0.2) is 0 Å². The van der Waals surface area contributed by atoms with Gasteiger partial charge in [-0.3, -0.25) is 9.69 Å². The first-order valence-corrected chi connectivity index (χ1v) is 8.15. The molecule has 5 heteroatoms. The van der Waals surface area contributed by atoms with E-state index in [1.54, 1.807) is 13.0 Å². The van der Waals surface area contributed by atoms with E-state index < -0.39 is 5.54 Å². The summed E-state index contributed by atoms with van der Waals surface area (Å²) in [7, 11) is 0. The molecule has 0 spiro atoms. The number of hydrogen-bond donors (Lipinski definition) is 1. The van der Waals surface area contributed by atoms with E-state index in [2.05, 4.69) is 28.4 Å². The molecular formula is C19H21N3O2. The number of carbonyl (C=O) groups is 1. The van der Waals surface area contributed by atoms with Crippen LogP contribution in [0.15, 0.2) is 47.1 Å². The number of amides is 1. The van der Waals surface area contributed by atoms with E-state index in [0.717, 1.165) is 19.6 Å².